The molecule has 4 rings (SSSR count). The molecule has 2 heterocycles. The smallest absolute Gasteiger partial charge is 0.270 e. The Morgan fingerprint density at radius 3 is 2.71 bits per heavy atom. The number of carbonyl (C=O) groups excluding carboxylic acids is 1. The summed E-state index contributed by atoms with van der Waals surface area (Å²) < 4.78 is 13.0. The zero-order valence-corrected chi connectivity index (χ0v) is 14.8. The highest BCUT2D eigenvalue weighted by molar-refractivity contribution is 5.87. The Hall–Kier alpha value is -3.55. The van der Waals surface area contributed by atoms with E-state index in [0.717, 1.165) is 5.56 Å². The molecule has 1 aliphatic rings. The fourth-order valence-corrected chi connectivity index (χ4v) is 3.33. The van der Waals surface area contributed by atoms with Crippen LogP contribution in [0.2, 0.25) is 0 Å². The lowest BCUT2D eigenvalue weighted by Crippen LogP contribution is -2.33. The van der Waals surface area contributed by atoms with Crippen LogP contribution in [0.3, 0.4) is 0 Å². The molecule has 1 aliphatic heterocycles. The highest BCUT2D eigenvalue weighted by Gasteiger charge is 2.31. The third-order valence-electron chi connectivity index (χ3n) is 4.79. The van der Waals surface area contributed by atoms with Gasteiger partial charge in [0.05, 0.1) is 10.4 Å². The molecule has 7 nitrogen and oxygen atoms in total. The van der Waals surface area contributed by atoms with Crippen molar-refractivity contribution >= 4 is 28.3 Å². The number of nitrogens with one attached hydrogen (secondary N) is 1. The first-order valence-electron chi connectivity index (χ1n) is 8.84. The summed E-state index contributed by atoms with van der Waals surface area (Å²) in [4.78, 5) is 29.3. The number of pyridine rings is 1. The zero-order chi connectivity index (χ0) is 19.7. The van der Waals surface area contributed by atoms with Crippen LogP contribution in [0.15, 0.2) is 54.6 Å². The van der Waals surface area contributed by atoms with E-state index in [1.165, 1.54) is 24.3 Å². The number of amides is 1. The largest absolute Gasteiger partial charge is 0.358 e. The van der Waals surface area contributed by atoms with Crippen molar-refractivity contribution in [2.24, 2.45) is 0 Å². The molecule has 1 N–H and O–H groups in total. The summed E-state index contributed by atoms with van der Waals surface area (Å²) in [6.45, 7) is 1.04. The Morgan fingerprint density at radius 2 is 1.96 bits per heavy atom. The number of nitro benzene ring substituents is 1. The van der Waals surface area contributed by atoms with Crippen LogP contribution in [0.1, 0.15) is 12.0 Å². The molecule has 8 heteroatoms. The average molecular weight is 380 g/mol. The number of carbonyl (C=O) groups is 1. The van der Waals surface area contributed by atoms with Gasteiger partial charge in [-0.15, -0.1) is 0 Å². The summed E-state index contributed by atoms with van der Waals surface area (Å²) in [7, 11) is 0. The molecule has 0 spiro atoms. The first-order chi connectivity index (χ1) is 13.5. The van der Waals surface area contributed by atoms with Gasteiger partial charge >= 0.3 is 0 Å². The lowest BCUT2D eigenvalue weighted by molar-refractivity contribution is -0.384. The zero-order valence-electron chi connectivity index (χ0n) is 14.8. The molecule has 0 radical (unpaired) electrons. The number of nitrogens with zero attached hydrogens (tertiary/aromatic N) is 3. The van der Waals surface area contributed by atoms with Crippen molar-refractivity contribution in [3.8, 4) is 0 Å². The van der Waals surface area contributed by atoms with Gasteiger partial charge in [-0.2, -0.15) is 0 Å². The van der Waals surface area contributed by atoms with Gasteiger partial charge < -0.3 is 10.2 Å². The first kappa shape index (κ1) is 17.8. The summed E-state index contributed by atoms with van der Waals surface area (Å²) in [6.07, 6.45) is 0.639. The third kappa shape index (κ3) is 3.62. The molecule has 3 aromatic rings. The van der Waals surface area contributed by atoms with Crippen molar-refractivity contribution in [1.29, 1.82) is 0 Å². The second-order valence-electron chi connectivity index (χ2n) is 6.70. The van der Waals surface area contributed by atoms with Crippen molar-refractivity contribution in [2.75, 3.05) is 11.9 Å². The number of hydrogen-bond donors (Lipinski definition) is 1. The minimum atomic E-state index is -0.446. The van der Waals surface area contributed by atoms with Gasteiger partial charge in [0, 0.05) is 30.6 Å². The normalized spacial score (nSPS) is 16.5. The van der Waals surface area contributed by atoms with E-state index in [1.54, 1.807) is 35.2 Å². The maximum Gasteiger partial charge on any atom is 0.270 e. The molecule has 0 saturated carbocycles. The monoisotopic (exact) mass is 380 g/mol. The summed E-state index contributed by atoms with van der Waals surface area (Å²) in [5.41, 5.74) is 1.50. The number of nitro groups is 1. The highest BCUT2D eigenvalue weighted by Crippen LogP contribution is 2.23. The van der Waals surface area contributed by atoms with Crippen molar-refractivity contribution < 1.29 is 14.1 Å². The van der Waals surface area contributed by atoms with E-state index in [1.807, 2.05) is 0 Å². The fourth-order valence-electron chi connectivity index (χ4n) is 3.33. The van der Waals surface area contributed by atoms with Crippen LogP contribution < -0.4 is 5.32 Å². The van der Waals surface area contributed by atoms with Gasteiger partial charge in [0.25, 0.3) is 5.69 Å². The first-order valence-corrected chi connectivity index (χ1v) is 8.84. The van der Waals surface area contributed by atoms with Crippen LogP contribution in [0.5, 0.6) is 0 Å². The Bertz CT molecular complexity index is 1060. The molecule has 1 unspecified atom stereocenters. The SMILES string of the molecule is O=C1C(Nc2ccc3cc([N+](=O)[O-])ccc3n2)CCN1Cc1ccc(F)cc1. The maximum absolute atomic E-state index is 13.0. The molecule has 0 aliphatic carbocycles. The van der Waals surface area contributed by atoms with E-state index < -0.39 is 4.92 Å². The standard InChI is InChI=1S/C20H17FN4O3/c21-15-4-1-13(2-5-15)12-24-10-9-18(20(24)26)23-19-8-3-14-11-16(25(27)28)6-7-17(14)22-19/h1-8,11,18H,9-10,12H2,(H,22,23). The van der Waals surface area contributed by atoms with Crippen molar-refractivity contribution in [2.45, 2.75) is 19.0 Å². The van der Waals surface area contributed by atoms with Gasteiger partial charge in [-0.25, -0.2) is 9.37 Å². The Balaban J connectivity index is 1.45. The van der Waals surface area contributed by atoms with Crippen LogP contribution in [0, 0.1) is 15.9 Å². The highest BCUT2D eigenvalue weighted by atomic mass is 19.1. The average Bonchev–Trinajstić information content (AvgIpc) is 3.02. The van der Waals surface area contributed by atoms with E-state index in [-0.39, 0.29) is 23.5 Å². The summed E-state index contributed by atoms with van der Waals surface area (Å²) in [5.74, 6) is 0.210. The Morgan fingerprint density at radius 1 is 1.18 bits per heavy atom. The Kier molecular flexibility index (Phi) is 4.60. The van der Waals surface area contributed by atoms with Crippen molar-refractivity contribution in [3.05, 3.63) is 76.1 Å². The molecule has 1 saturated heterocycles. The van der Waals surface area contributed by atoms with Gasteiger partial charge in [-0.05, 0) is 42.3 Å². The van der Waals surface area contributed by atoms with Gasteiger partial charge in [0.15, 0.2) is 0 Å². The van der Waals surface area contributed by atoms with Crippen LogP contribution in [-0.2, 0) is 11.3 Å². The fraction of sp³-hybridized carbons (Fsp3) is 0.200. The minimum absolute atomic E-state index is 0.0115. The number of benzene rings is 2. The second kappa shape index (κ2) is 7.22. The lowest BCUT2D eigenvalue weighted by atomic mass is 10.2. The number of non-ortho nitro benzene ring substituents is 1. The summed E-state index contributed by atoms with van der Waals surface area (Å²) in [5, 5.41) is 14.7. The lowest BCUT2D eigenvalue weighted by Gasteiger charge is -2.17. The molecule has 1 fully saturated rings. The maximum atomic E-state index is 13.0. The molecular weight excluding hydrogens is 363 g/mol. The van der Waals surface area contributed by atoms with Crippen LogP contribution in [-0.4, -0.2) is 33.3 Å². The molecule has 142 valence electrons. The van der Waals surface area contributed by atoms with Gasteiger partial charge in [-0.1, -0.05) is 12.1 Å². The van der Waals surface area contributed by atoms with E-state index in [9.17, 15) is 19.3 Å². The molecule has 28 heavy (non-hydrogen) atoms. The number of hydrogen-bond acceptors (Lipinski definition) is 5. The Labute approximate surface area is 159 Å². The second-order valence-corrected chi connectivity index (χ2v) is 6.70. The topological polar surface area (TPSA) is 88.4 Å². The van der Waals surface area contributed by atoms with Gasteiger partial charge in [0.2, 0.25) is 5.91 Å². The molecular formula is C20H17FN4O3. The van der Waals surface area contributed by atoms with Crippen molar-refractivity contribution in [1.82, 2.24) is 9.88 Å². The minimum Gasteiger partial charge on any atom is -0.358 e. The third-order valence-corrected chi connectivity index (χ3v) is 4.79. The summed E-state index contributed by atoms with van der Waals surface area (Å²) >= 11 is 0. The molecule has 0 bridgehead atoms. The predicted octanol–water partition coefficient (Wildman–Crippen LogP) is 3.50. The predicted molar refractivity (Wildman–Crippen MR) is 102 cm³/mol. The number of fused-ring (bicyclic) bond motifs is 1. The number of rotatable bonds is 5. The number of aromatic nitrogens is 1. The molecule has 1 aromatic heterocycles. The molecule has 1 atom stereocenters. The van der Waals surface area contributed by atoms with Crippen LogP contribution >= 0.6 is 0 Å². The number of halogens is 1. The van der Waals surface area contributed by atoms with Gasteiger partial charge in [0.1, 0.15) is 17.7 Å². The van der Waals surface area contributed by atoms with Crippen LogP contribution in [0.25, 0.3) is 10.9 Å². The van der Waals surface area contributed by atoms with E-state index >= 15 is 0 Å². The van der Waals surface area contributed by atoms with Crippen molar-refractivity contribution in [3.63, 3.8) is 0 Å². The van der Waals surface area contributed by atoms with E-state index in [0.29, 0.717) is 36.2 Å². The van der Waals surface area contributed by atoms with Gasteiger partial charge in [-0.3, -0.25) is 14.9 Å². The van der Waals surface area contributed by atoms with E-state index in [2.05, 4.69) is 10.3 Å². The molecule has 1 amide bonds. The number of anilines is 1. The number of likely N-dealkylation sites (tertiary alicyclic amines) is 1. The quantitative estimate of drug-likeness (QED) is 0.541. The van der Waals surface area contributed by atoms with E-state index in [4.69, 9.17) is 0 Å². The summed E-state index contributed by atoms with van der Waals surface area (Å²) in [6, 6.07) is 13.7. The van der Waals surface area contributed by atoms with Crippen LogP contribution in [0.4, 0.5) is 15.9 Å². The molecule has 2 aromatic carbocycles.